The number of rotatable bonds is 1. The van der Waals surface area contributed by atoms with E-state index in [0.717, 1.165) is 10.9 Å². The molecule has 112 valence electrons. The van der Waals surface area contributed by atoms with Gasteiger partial charge in [0.15, 0.2) is 0 Å². The van der Waals surface area contributed by atoms with Crippen LogP contribution in [-0.4, -0.2) is 21.2 Å². The van der Waals surface area contributed by atoms with Crippen molar-refractivity contribution in [1.82, 2.24) is 9.55 Å². The number of ether oxygens (including phenoxy) is 1. The van der Waals surface area contributed by atoms with Crippen molar-refractivity contribution in [3.05, 3.63) is 40.2 Å². The molecule has 0 atom stereocenters. The zero-order valence-corrected chi connectivity index (χ0v) is 13.4. The number of nitrogens with zero attached hydrogens (tertiary/aromatic N) is 2. The minimum absolute atomic E-state index is 0.166. The Morgan fingerprint density at radius 1 is 1.43 bits per heavy atom. The van der Waals surface area contributed by atoms with E-state index in [4.69, 9.17) is 4.74 Å². The molecule has 0 saturated heterocycles. The average Bonchev–Trinajstić information content (AvgIpc) is 2.36. The molecular formula is C14H14BrFN2O3. The Hall–Kier alpha value is -1.76. The molecule has 0 bridgehead atoms. The lowest BCUT2D eigenvalue weighted by molar-refractivity contribution is 0.0530. The largest absolute Gasteiger partial charge is 0.443 e. The number of hydrogen-bond donors (Lipinski definition) is 0. The molecule has 0 amide bonds. The summed E-state index contributed by atoms with van der Waals surface area (Å²) in [4.78, 5) is 28.2. The van der Waals surface area contributed by atoms with Gasteiger partial charge in [-0.05, 0) is 32.4 Å². The summed E-state index contributed by atoms with van der Waals surface area (Å²) in [5.74, 6) is -0.457. The van der Waals surface area contributed by atoms with Gasteiger partial charge in [0.05, 0.1) is 10.9 Å². The van der Waals surface area contributed by atoms with Crippen LogP contribution in [0.25, 0.3) is 10.9 Å². The highest BCUT2D eigenvalue weighted by Crippen LogP contribution is 2.17. The van der Waals surface area contributed by atoms with Gasteiger partial charge in [-0.1, -0.05) is 15.9 Å². The standard InChI is InChI=1S/C14H14BrFN2O3/c1-14(2,3)21-13(20)18-7-17-11-5-10(16)8(6-15)4-9(11)12(18)19/h4-5,7H,6H2,1-3H3. The smallest absolute Gasteiger partial charge is 0.422 e. The molecule has 0 aliphatic carbocycles. The van der Waals surface area contributed by atoms with Crippen LogP contribution >= 0.6 is 15.9 Å². The summed E-state index contributed by atoms with van der Waals surface area (Å²) in [6.45, 7) is 5.09. The zero-order valence-electron chi connectivity index (χ0n) is 11.8. The zero-order chi connectivity index (χ0) is 15.8. The van der Waals surface area contributed by atoms with Gasteiger partial charge in [0.2, 0.25) is 0 Å². The number of carbonyl (C=O) groups is 1. The van der Waals surface area contributed by atoms with Crippen molar-refractivity contribution < 1.29 is 13.9 Å². The highest BCUT2D eigenvalue weighted by atomic mass is 79.9. The Balaban J connectivity index is 2.58. The lowest BCUT2D eigenvalue weighted by Gasteiger charge is -2.19. The van der Waals surface area contributed by atoms with Crippen LogP contribution in [0, 0.1) is 5.82 Å². The fraction of sp³-hybridized carbons (Fsp3) is 0.357. The lowest BCUT2D eigenvalue weighted by Crippen LogP contribution is -2.33. The number of aromatic nitrogens is 2. The fourth-order valence-electron chi connectivity index (χ4n) is 1.73. The first kappa shape index (κ1) is 15.6. The van der Waals surface area contributed by atoms with E-state index in [1.165, 1.54) is 12.1 Å². The van der Waals surface area contributed by atoms with E-state index < -0.39 is 23.1 Å². The topological polar surface area (TPSA) is 61.2 Å². The maximum Gasteiger partial charge on any atom is 0.422 e. The Morgan fingerprint density at radius 3 is 2.67 bits per heavy atom. The fourth-order valence-corrected chi connectivity index (χ4v) is 2.16. The maximum atomic E-state index is 13.7. The summed E-state index contributed by atoms with van der Waals surface area (Å²) in [6.07, 6.45) is 0.234. The maximum absolute atomic E-state index is 13.7. The van der Waals surface area contributed by atoms with Gasteiger partial charge in [0.1, 0.15) is 17.7 Å². The normalized spacial score (nSPS) is 11.7. The summed E-state index contributed by atoms with van der Waals surface area (Å²) < 4.78 is 19.6. The Morgan fingerprint density at radius 2 is 2.10 bits per heavy atom. The van der Waals surface area contributed by atoms with Crippen molar-refractivity contribution in [2.75, 3.05) is 0 Å². The third kappa shape index (κ3) is 3.29. The van der Waals surface area contributed by atoms with Gasteiger partial charge in [0.25, 0.3) is 5.56 Å². The molecule has 7 heteroatoms. The summed E-state index contributed by atoms with van der Waals surface area (Å²) in [5.41, 5.74) is -0.795. The molecule has 0 saturated carbocycles. The van der Waals surface area contributed by atoms with Crippen LogP contribution in [0.2, 0.25) is 0 Å². The molecule has 2 rings (SSSR count). The molecule has 1 heterocycles. The first-order chi connectivity index (χ1) is 9.73. The van der Waals surface area contributed by atoms with Crippen molar-refractivity contribution in [2.24, 2.45) is 0 Å². The van der Waals surface area contributed by atoms with Crippen molar-refractivity contribution in [3.63, 3.8) is 0 Å². The van der Waals surface area contributed by atoms with Gasteiger partial charge >= 0.3 is 6.09 Å². The van der Waals surface area contributed by atoms with Gasteiger partial charge in [-0.2, -0.15) is 0 Å². The third-order valence-corrected chi connectivity index (χ3v) is 3.26. The lowest BCUT2D eigenvalue weighted by atomic mass is 10.1. The van der Waals surface area contributed by atoms with E-state index in [1.54, 1.807) is 20.8 Å². The number of fused-ring (bicyclic) bond motifs is 1. The highest BCUT2D eigenvalue weighted by Gasteiger charge is 2.20. The summed E-state index contributed by atoms with van der Waals surface area (Å²) in [5, 5.41) is 0.425. The Kier molecular flexibility index (Phi) is 4.13. The first-order valence-electron chi connectivity index (χ1n) is 6.22. The van der Waals surface area contributed by atoms with Crippen molar-refractivity contribution in [3.8, 4) is 0 Å². The Bertz CT molecular complexity index is 765. The monoisotopic (exact) mass is 356 g/mol. The van der Waals surface area contributed by atoms with Gasteiger partial charge in [-0.25, -0.2) is 18.7 Å². The second-order valence-corrected chi connectivity index (χ2v) is 6.06. The molecule has 0 aliphatic heterocycles. The minimum atomic E-state index is -0.813. The average molecular weight is 357 g/mol. The van der Waals surface area contributed by atoms with Crippen LogP contribution in [0.1, 0.15) is 26.3 Å². The summed E-state index contributed by atoms with van der Waals surface area (Å²) >= 11 is 3.14. The second-order valence-electron chi connectivity index (χ2n) is 5.49. The molecule has 0 N–H and O–H groups in total. The van der Waals surface area contributed by atoms with E-state index in [2.05, 4.69) is 20.9 Å². The predicted octanol–water partition coefficient (Wildman–Crippen LogP) is 3.21. The van der Waals surface area contributed by atoms with E-state index in [-0.39, 0.29) is 16.2 Å². The van der Waals surface area contributed by atoms with Gasteiger partial charge in [0, 0.05) is 11.4 Å². The molecule has 1 aromatic heterocycles. The van der Waals surface area contributed by atoms with E-state index in [9.17, 15) is 14.0 Å². The van der Waals surface area contributed by atoms with Gasteiger partial charge < -0.3 is 4.74 Å². The van der Waals surface area contributed by atoms with Crippen molar-refractivity contribution in [2.45, 2.75) is 31.7 Å². The summed E-state index contributed by atoms with van der Waals surface area (Å²) in [6, 6.07) is 2.56. The van der Waals surface area contributed by atoms with E-state index in [0.29, 0.717) is 5.56 Å². The number of hydrogen-bond acceptors (Lipinski definition) is 4. The van der Waals surface area contributed by atoms with Crippen molar-refractivity contribution in [1.29, 1.82) is 0 Å². The molecule has 0 unspecified atom stereocenters. The molecule has 5 nitrogen and oxygen atoms in total. The van der Waals surface area contributed by atoms with Gasteiger partial charge in [-0.3, -0.25) is 4.79 Å². The highest BCUT2D eigenvalue weighted by molar-refractivity contribution is 9.08. The van der Waals surface area contributed by atoms with Crippen LogP contribution in [0.3, 0.4) is 0 Å². The quantitative estimate of drug-likeness (QED) is 0.736. The molecule has 0 radical (unpaired) electrons. The molecular weight excluding hydrogens is 343 g/mol. The number of benzene rings is 1. The predicted molar refractivity (Wildman–Crippen MR) is 80.2 cm³/mol. The first-order valence-corrected chi connectivity index (χ1v) is 7.34. The minimum Gasteiger partial charge on any atom is -0.443 e. The SMILES string of the molecule is CC(C)(C)OC(=O)n1cnc2cc(F)c(CBr)cc2c1=O. The molecule has 1 aromatic carbocycles. The molecule has 2 aromatic rings. The molecule has 0 fully saturated rings. The number of halogens is 2. The third-order valence-electron chi connectivity index (χ3n) is 2.66. The number of alkyl halides is 1. The van der Waals surface area contributed by atoms with Crippen LogP contribution in [0.5, 0.6) is 0 Å². The van der Waals surface area contributed by atoms with E-state index in [1.807, 2.05) is 0 Å². The molecule has 0 aliphatic rings. The molecule has 0 spiro atoms. The van der Waals surface area contributed by atoms with E-state index >= 15 is 0 Å². The number of carbonyl (C=O) groups excluding carboxylic acids is 1. The Labute approximate surface area is 128 Å². The summed E-state index contributed by atoms with van der Waals surface area (Å²) in [7, 11) is 0. The second kappa shape index (κ2) is 5.55. The van der Waals surface area contributed by atoms with Crippen molar-refractivity contribution >= 4 is 32.9 Å². The van der Waals surface area contributed by atoms with Crippen LogP contribution in [0.15, 0.2) is 23.3 Å². The van der Waals surface area contributed by atoms with Gasteiger partial charge in [-0.15, -0.1) is 0 Å². The van der Waals surface area contributed by atoms with Crippen LogP contribution in [0.4, 0.5) is 9.18 Å². The van der Waals surface area contributed by atoms with Crippen LogP contribution in [-0.2, 0) is 10.1 Å². The molecule has 21 heavy (non-hydrogen) atoms. The van der Waals surface area contributed by atoms with Crippen LogP contribution < -0.4 is 5.56 Å².